The molecule has 3 aromatic carbocycles. The van der Waals surface area contributed by atoms with Gasteiger partial charge in [-0.2, -0.15) is 0 Å². The number of carbonyl (C=O) groups excluding carboxylic acids is 1. The van der Waals surface area contributed by atoms with E-state index in [1.165, 1.54) is 18.3 Å². The zero-order chi connectivity index (χ0) is 23.7. The maximum atomic E-state index is 14.8. The predicted molar refractivity (Wildman–Crippen MR) is 124 cm³/mol. The fraction of sp³-hybridized carbons (Fsp3) is 0.0870. The Kier molecular flexibility index (Phi) is 6.46. The summed E-state index contributed by atoms with van der Waals surface area (Å²) in [6.07, 6.45) is 1.47. The van der Waals surface area contributed by atoms with Gasteiger partial charge in [0.1, 0.15) is 11.6 Å². The number of hydrogen-bond acceptors (Lipinski definition) is 3. The molecule has 6 nitrogen and oxygen atoms in total. The van der Waals surface area contributed by atoms with E-state index in [-0.39, 0.29) is 34.0 Å². The normalized spacial score (nSPS) is 12.0. The van der Waals surface area contributed by atoms with Gasteiger partial charge in [-0.1, -0.05) is 29.8 Å². The zero-order valence-corrected chi connectivity index (χ0v) is 18.7. The van der Waals surface area contributed by atoms with E-state index in [1.54, 1.807) is 35.8 Å². The molecule has 170 valence electrons. The van der Waals surface area contributed by atoms with Crippen LogP contribution < -0.4 is 4.31 Å². The van der Waals surface area contributed by atoms with Crippen molar-refractivity contribution < 1.29 is 27.1 Å². The molecule has 0 bridgehead atoms. The molecule has 0 saturated carbocycles. The van der Waals surface area contributed by atoms with Gasteiger partial charge in [-0.15, -0.1) is 0 Å². The van der Waals surface area contributed by atoms with Crippen LogP contribution in [0.2, 0.25) is 5.02 Å². The second-order valence-electron chi connectivity index (χ2n) is 6.92. The summed E-state index contributed by atoms with van der Waals surface area (Å²) in [4.78, 5) is 12.2. The number of aromatic nitrogens is 1. The average Bonchev–Trinajstić information content (AvgIpc) is 3.14. The van der Waals surface area contributed by atoms with Gasteiger partial charge in [0.15, 0.2) is 0 Å². The van der Waals surface area contributed by atoms with Gasteiger partial charge in [0.2, 0.25) is 0 Å². The molecule has 0 aliphatic carbocycles. The standard InChI is InChI=1S/C23H17ClF2N2O4S/c1-2-32-23(29)14-8-9-18(25)21(10-14)28(33(30)31)22-13-27(15-6-4-3-5-7-15)20-12-17(24)19(26)11-16(20)22/h3-13H,2H2,1H3,(H,30,31). The summed E-state index contributed by atoms with van der Waals surface area (Å²) in [5, 5.41) is 0.0700. The Hall–Kier alpha value is -3.27. The SMILES string of the molecule is CCOC(=O)c1ccc(F)c(N(c2cn(-c3ccccc3)c3cc(Cl)c(F)cc23)S(=O)O)c1. The van der Waals surface area contributed by atoms with Crippen LogP contribution >= 0.6 is 11.6 Å². The van der Waals surface area contributed by atoms with Crippen LogP contribution in [0.25, 0.3) is 16.6 Å². The van der Waals surface area contributed by atoms with Crippen LogP contribution in [0, 0.1) is 11.6 Å². The minimum Gasteiger partial charge on any atom is -0.462 e. The number of hydrogen-bond donors (Lipinski definition) is 1. The largest absolute Gasteiger partial charge is 0.462 e. The maximum Gasteiger partial charge on any atom is 0.338 e. The number of anilines is 2. The van der Waals surface area contributed by atoms with Gasteiger partial charge in [-0.05, 0) is 49.4 Å². The van der Waals surface area contributed by atoms with E-state index in [0.29, 0.717) is 11.2 Å². The van der Waals surface area contributed by atoms with E-state index in [1.807, 2.05) is 6.07 Å². The molecule has 1 aromatic heterocycles. The third kappa shape index (κ3) is 4.35. The number of para-hydroxylation sites is 1. The Bertz CT molecular complexity index is 1380. The van der Waals surface area contributed by atoms with Crippen molar-refractivity contribution in [2.24, 2.45) is 0 Å². The van der Waals surface area contributed by atoms with Gasteiger partial charge in [0.05, 0.1) is 34.1 Å². The molecule has 0 fully saturated rings. The Morgan fingerprint density at radius 3 is 2.48 bits per heavy atom. The highest BCUT2D eigenvalue weighted by atomic mass is 35.5. The summed E-state index contributed by atoms with van der Waals surface area (Å²) in [5.41, 5.74) is 0.764. The van der Waals surface area contributed by atoms with Crippen molar-refractivity contribution >= 4 is 51.1 Å². The van der Waals surface area contributed by atoms with Crippen LogP contribution in [0.4, 0.5) is 20.2 Å². The van der Waals surface area contributed by atoms with Crippen molar-refractivity contribution in [2.75, 3.05) is 10.9 Å². The first-order valence-corrected chi connectivity index (χ1v) is 11.2. The van der Waals surface area contributed by atoms with E-state index in [2.05, 4.69) is 0 Å². The highest BCUT2D eigenvalue weighted by molar-refractivity contribution is 7.81. The second kappa shape index (κ2) is 9.30. The lowest BCUT2D eigenvalue weighted by Crippen LogP contribution is -2.21. The van der Waals surface area contributed by atoms with Crippen molar-refractivity contribution in [3.8, 4) is 5.69 Å². The van der Waals surface area contributed by atoms with Gasteiger partial charge in [0, 0.05) is 17.3 Å². The zero-order valence-electron chi connectivity index (χ0n) is 17.2. The van der Waals surface area contributed by atoms with E-state index < -0.39 is 28.9 Å². The number of carbonyl (C=O) groups is 1. The van der Waals surface area contributed by atoms with Crippen molar-refractivity contribution in [3.05, 3.63) is 89.1 Å². The average molecular weight is 491 g/mol. The van der Waals surface area contributed by atoms with E-state index in [4.69, 9.17) is 16.3 Å². The molecule has 0 spiro atoms. The van der Waals surface area contributed by atoms with Gasteiger partial charge >= 0.3 is 5.97 Å². The fourth-order valence-electron chi connectivity index (χ4n) is 3.47. The molecule has 0 saturated heterocycles. The number of halogens is 3. The molecular weight excluding hydrogens is 474 g/mol. The second-order valence-corrected chi connectivity index (χ2v) is 8.15. The van der Waals surface area contributed by atoms with Crippen LogP contribution in [0.1, 0.15) is 17.3 Å². The highest BCUT2D eigenvalue weighted by Gasteiger charge is 2.26. The van der Waals surface area contributed by atoms with Crippen molar-refractivity contribution in [1.82, 2.24) is 4.57 Å². The topological polar surface area (TPSA) is 71.8 Å². The van der Waals surface area contributed by atoms with Crippen LogP contribution in [-0.2, 0) is 16.0 Å². The molecule has 1 atom stereocenters. The Balaban J connectivity index is 1.98. The molecule has 0 aliphatic rings. The highest BCUT2D eigenvalue weighted by Crippen LogP contribution is 2.39. The number of ether oxygens (including phenoxy) is 1. The number of fused-ring (bicyclic) bond motifs is 1. The summed E-state index contributed by atoms with van der Waals surface area (Å²) in [7, 11) is 0. The van der Waals surface area contributed by atoms with E-state index >= 15 is 0 Å². The minimum absolute atomic E-state index is 0.00952. The molecule has 1 N–H and O–H groups in total. The van der Waals surface area contributed by atoms with Crippen molar-refractivity contribution in [1.29, 1.82) is 0 Å². The number of esters is 1. The number of rotatable bonds is 6. The van der Waals surface area contributed by atoms with Gasteiger partial charge in [0.25, 0.3) is 11.3 Å². The molecule has 0 aliphatic heterocycles. The van der Waals surface area contributed by atoms with Crippen LogP contribution in [0.3, 0.4) is 0 Å². The monoisotopic (exact) mass is 490 g/mol. The predicted octanol–water partition coefficient (Wildman–Crippen LogP) is 6.01. The van der Waals surface area contributed by atoms with Crippen LogP contribution in [0.5, 0.6) is 0 Å². The number of nitrogens with zero attached hydrogens (tertiary/aromatic N) is 2. The molecular formula is C23H17ClF2N2O4S. The molecule has 4 aromatic rings. The third-order valence-corrected chi connectivity index (χ3v) is 5.91. The molecule has 10 heteroatoms. The lowest BCUT2D eigenvalue weighted by atomic mass is 10.1. The minimum atomic E-state index is -2.78. The maximum absolute atomic E-state index is 14.8. The summed E-state index contributed by atoms with van der Waals surface area (Å²) < 4.78 is 59.2. The van der Waals surface area contributed by atoms with E-state index in [0.717, 1.165) is 22.5 Å². The third-order valence-electron chi connectivity index (χ3n) is 4.91. The fourth-order valence-corrected chi connectivity index (χ4v) is 4.25. The molecule has 1 heterocycles. The first kappa shape index (κ1) is 22.9. The lowest BCUT2D eigenvalue weighted by molar-refractivity contribution is 0.0526. The molecule has 0 radical (unpaired) electrons. The summed E-state index contributed by atoms with van der Waals surface area (Å²) >= 11 is 3.22. The first-order valence-electron chi connectivity index (χ1n) is 9.75. The Labute approximate surface area is 195 Å². The summed E-state index contributed by atoms with van der Waals surface area (Å²) in [5.74, 6) is -2.33. The van der Waals surface area contributed by atoms with Crippen molar-refractivity contribution in [2.45, 2.75) is 6.92 Å². The van der Waals surface area contributed by atoms with E-state index in [9.17, 15) is 22.3 Å². The molecule has 33 heavy (non-hydrogen) atoms. The molecule has 0 amide bonds. The molecule has 1 unspecified atom stereocenters. The Morgan fingerprint density at radius 2 is 1.82 bits per heavy atom. The van der Waals surface area contributed by atoms with Crippen molar-refractivity contribution in [3.63, 3.8) is 0 Å². The lowest BCUT2D eigenvalue weighted by Gasteiger charge is -2.20. The van der Waals surface area contributed by atoms with Crippen LogP contribution in [-0.4, -0.2) is 25.9 Å². The summed E-state index contributed by atoms with van der Waals surface area (Å²) in [6, 6.07) is 14.8. The van der Waals surface area contributed by atoms with Gasteiger partial charge < -0.3 is 9.30 Å². The quantitative estimate of drug-likeness (QED) is 0.265. The first-order chi connectivity index (χ1) is 15.8. The smallest absolute Gasteiger partial charge is 0.338 e. The molecule has 4 rings (SSSR count). The Morgan fingerprint density at radius 1 is 1.09 bits per heavy atom. The number of benzene rings is 3. The van der Waals surface area contributed by atoms with Crippen LogP contribution in [0.15, 0.2) is 66.9 Å². The van der Waals surface area contributed by atoms with Gasteiger partial charge in [-0.3, -0.25) is 4.55 Å². The summed E-state index contributed by atoms with van der Waals surface area (Å²) in [6.45, 7) is 1.72. The van der Waals surface area contributed by atoms with Gasteiger partial charge in [-0.25, -0.2) is 22.1 Å².